The lowest BCUT2D eigenvalue weighted by Crippen LogP contribution is -2.43. The van der Waals surface area contributed by atoms with Gasteiger partial charge in [-0.1, -0.05) is 0 Å². The second-order valence-electron chi connectivity index (χ2n) is 5.99. The molecule has 0 aromatic heterocycles. The van der Waals surface area contributed by atoms with Gasteiger partial charge in [-0.3, -0.25) is 4.79 Å². The Balaban J connectivity index is 2.88. The Kier molecular flexibility index (Phi) is 8.30. The monoisotopic (exact) mass is 445 g/mol. The molecular weight excluding hydrogens is 428 g/mol. The highest BCUT2D eigenvalue weighted by molar-refractivity contribution is 5.94. The second-order valence-corrected chi connectivity index (χ2v) is 5.99. The Labute approximate surface area is 165 Å². The third-order valence-corrected chi connectivity index (χ3v) is 3.73. The van der Waals surface area contributed by atoms with Crippen LogP contribution in [-0.4, -0.2) is 47.4 Å². The molecule has 1 aromatic rings. The van der Waals surface area contributed by atoms with E-state index in [1.807, 2.05) is 10.6 Å². The van der Waals surface area contributed by atoms with Gasteiger partial charge in [-0.05, 0) is 31.0 Å². The van der Waals surface area contributed by atoms with E-state index in [4.69, 9.17) is 10.2 Å². The number of alkyl halides is 6. The van der Waals surface area contributed by atoms with E-state index in [2.05, 4.69) is 5.32 Å². The highest BCUT2D eigenvalue weighted by Crippen LogP contribution is 2.40. The third kappa shape index (κ3) is 8.05. The zero-order valence-electron chi connectivity index (χ0n) is 15.0. The predicted octanol–water partition coefficient (Wildman–Crippen LogP) is 3.14. The zero-order chi connectivity index (χ0) is 23.1. The Morgan fingerprint density at radius 1 is 0.900 bits per heavy atom. The summed E-state index contributed by atoms with van der Waals surface area (Å²) >= 11 is 0. The van der Waals surface area contributed by atoms with Crippen molar-refractivity contribution in [1.29, 1.82) is 0 Å². The van der Waals surface area contributed by atoms with E-state index < -0.39 is 53.2 Å². The lowest BCUT2D eigenvalue weighted by atomic mass is 10.0. The predicted molar refractivity (Wildman–Crippen MR) is 89.0 cm³/mol. The summed E-state index contributed by atoms with van der Waals surface area (Å²) in [6.07, 6.45) is -13.2. The summed E-state index contributed by atoms with van der Waals surface area (Å²) in [4.78, 5) is 33.2. The number of halogens is 6. The van der Waals surface area contributed by atoms with Crippen LogP contribution in [0.4, 0.5) is 35.9 Å². The number of hydrogen-bond acceptors (Lipinski definition) is 3. The van der Waals surface area contributed by atoms with Crippen molar-refractivity contribution in [3.05, 3.63) is 34.9 Å². The van der Waals surface area contributed by atoms with Gasteiger partial charge in [-0.15, -0.1) is 0 Å². The molecule has 3 amide bonds. The van der Waals surface area contributed by atoms with Crippen LogP contribution in [0.1, 0.15) is 34.3 Å². The van der Waals surface area contributed by atoms with E-state index in [-0.39, 0.29) is 38.1 Å². The van der Waals surface area contributed by atoms with Crippen LogP contribution in [0.15, 0.2) is 18.2 Å². The number of rotatable bonds is 8. The van der Waals surface area contributed by atoms with Crippen molar-refractivity contribution in [1.82, 2.24) is 16.0 Å². The van der Waals surface area contributed by atoms with Crippen LogP contribution in [0, 0.1) is 0 Å². The molecule has 8 nitrogen and oxygen atoms in total. The van der Waals surface area contributed by atoms with Crippen molar-refractivity contribution in [2.75, 3.05) is 13.1 Å². The minimum absolute atomic E-state index is 0.0189. The van der Waals surface area contributed by atoms with Crippen molar-refractivity contribution in [2.45, 2.75) is 31.2 Å². The maximum absolute atomic E-state index is 13.0. The van der Waals surface area contributed by atoms with Gasteiger partial charge in [0.25, 0.3) is 5.91 Å². The number of amides is 3. The van der Waals surface area contributed by atoms with Gasteiger partial charge in [-0.2, -0.15) is 26.3 Å². The van der Waals surface area contributed by atoms with E-state index in [0.29, 0.717) is 6.07 Å². The molecule has 0 fully saturated rings. The molecule has 0 bridgehead atoms. The summed E-state index contributed by atoms with van der Waals surface area (Å²) in [6.45, 7) is -0.407. The lowest BCUT2D eigenvalue weighted by Gasteiger charge is -2.19. The standard InChI is InChI=1S/C16H17F6N3O5/c17-15(18,19)10-4-3-8(6-11(10)16(20,21)22)12(26)24-7-9(25-14(29)30)2-1-5-23-13(27)28/h3-4,6,9,23,25H,1-2,5,7H2,(H,24,26)(H,27,28)(H,29,30)/t9-/m0/s1. The number of benzene rings is 1. The van der Waals surface area contributed by atoms with Crippen LogP contribution >= 0.6 is 0 Å². The number of nitrogens with one attached hydrogen (secondary N) is 3. The van der Waals surface area contributed by atoms with Gasteiger partial charge in [0.15, 0.2) is 0 Å². The van der Waals surface area contributed by atoms with E-state index >= 15 is 0 Å². The average Bonchev–Trinajstić information content (AvgIpc) is 2.60. The van der Waals surface area contributed by atoms with Crippen LogP contribution in [0.2, 0.25) is 0 Å². The molecular formula is C16H17F6N3O5. The smallest absolute Gasteiger partial charge is 0.417 e. The molecule has 1 atom stereocenters. The molecule has 0 aliphatic heterocycles. The van der Waals surface area contributed by atoms with Gasteiger partial charge in [0.2, 0.25) is 0 Å². The summed E-state index contributed by atoms with van der Waals surface area (Å²) in [7, 11) is 0. The molecule has 0 radical (unpaired) electrons. The summed E-state index contributed by atoms with van der Waals surface area (Å²) in [5.74, 6) is -1.14. The first-order valence-electron chi connectivity index (χ1n) is 8.24. The Hall–Kier alpha value is -3.19. The van der Waals surface area contributed by atoms with Gasteiger partial charge in [0.1, 0.15) is 0 Å². The Morgan fingerprint density at radius 2 is 1.50 bits per heavy atom. The van der Waals surface area contributed by atoms with Crippen LogP contribution in [0.25, 0.3) is 0 Å². The zero-order valence-corrected chi connectivity index (χ0v) is 15.0. The average molecular weight is 445 g/mol. The van der Waals surface area contributed by atoms with Gasteiger partial charge < -0.3 is 26.2 Å². The molecule has 0 aliphatic rings. The number of carbonyl (C=O) groups excluding carboxylic acids is 1. The number of carboxylic acid groups (broad SMARTS) is 2. The summed E-state index contributed by atoms with van der Waals surface area (Å²) < 4.78 is 77.2. The van der Waals surface area contributed by atoms with Crippen molar-refractivity contribution < 1.29 is 50.9 Å². The van der Waals surface area contributed by atoms with Crippen molar-refractivity contribution in [3.8, 4) is 0 Å². The fraction of sp³-hybridized carbons (Fsp3) is 0.438. The largest absolute Gasteiger partial charge is 0.465 e. The fourth-order valence-corrected chi connectivity index (χ4v) is 2.43. The minimum atomic E-state index is -5.36. The first-order chi connectivity index (χ1) is 13.7. The molecule has 5 N–H and O–H groups in total. The van der Waals surface area contributed by atoms with Gasteiger partial charge in [0.05, 0.1) is 11.1 Å². The lowest BCUT2D eigenvalue weighted by molar-refractivity contribution is -0.162. The molecule has 168 valence electrons. The highest BCUT2D eigenvalue weighted by Gasteiger charge is 2.43. The molecule has 0 saturated heterocycles. The molecule has 30 heavy (non-hydrogen) atoms. The van der Waals surface area contributed by atoms with Crippen molar-refractivity contribution in [2.24, 2.45) is 0 Å². The summed E-state index contributed by atoms with van der Waals surface area (Å²) in [5.41, 5.74) is -4.66. The van der Waals surface area contributed by atoms with Crippen LogP contribution < -0.4 is 16.0 Å². The van der Waals surface area contributed by atoms with E-state index in [9.17, 15) is 40.7 Å². The van der Waals surface area contributed by atoms with Gasteiger partial charge in [0, 0.05) is 24.7 Å². The number of hydrogen-bond donors (Lipinski definition) is 5. The first-order valence-corrected chi connectivity index (χ1v) is 8.24. The van der Waals surface area contributed by atoms with Crippen molar-refractivity contribution in [3.63, 3.8) is 0 Å². The molecule has 0 unspecified atom stereocenters. The topological polar surface area (TPSA) is 128 Å². The SMILES string of the molecule is O=C(O)NCCC[C@@H](CNC(=O)c1ccc(C(F)(F)F)c(C(F)(F)F)c1)NC(=O)O. The van der Waals surface area contributed by atoms with E-state index in [0.717, 1.165) is 0 Å². The minimum Gasteiger partial charge on any atom is -0.465 e. The number of carbonyl (C=O) groups is 3. The summed E-state index contributed by atoms with van der Waals surface area (Å²) in [5, 5.41) is 23.4. The molecule has 1 rings (SSSR count). The maximum atomic E-state index is 13.0. The molecule has 0 heterocycles. The molecule has 0 saturated carbocycles. The van der Waals surface area contributed by atoms with E-state index in [1.54, 1.807) is 0 Å². The molecule has 0 spiro atoms. The van der Waals surface area contributed by atoms with Crippen molar-refractivity contribution >= 4 is 18.1 Å². The van der Waals surface area contributed by atoms with Crippen LogP contribution in [0.5, 0.6) is 0 Å². The quantitative estimate of drug-likeness (QED) is 0.310. The Morgan fingerprint density at radius 3 is 2.00 bits per heavy atom. The van der Waals surface area contributed by atoms with Crippen LogP contribution in [-0.2, 0) is 12.4 Å². The second kappa shape index (κ2) is 10.0. The molecule has 0 aliphatic carbocycles. The highest BCUT2D eigenvalue weighted by atomic mass is 19.4. The van der Waals surface area contributed by atoms with Crippen LogP contribution in [0.3, 0.4) is 0 Å². The first kappa shape index (κ1) is 24.8. The van der Waals surface area contributed by atoms with E-state index in [1.165, 1.54) is 0 Å². The fourth-order valence-electron chi connectivity index (χ4n) is 2.43. The normalized spacial score (nSPS) is 12.7. The molecule has 14 heteroatoms. The van der Waals surface area contributed by atoms with Gasteiger partial charge >= 0.3 is 24.5 Å². The summed E-state index contributed by atoms with van der Waals surface area (Å²) in [6, 6.07) is -0.140. The molecule has 1 aromatic carbocycles. The Bertz CT molecular complexity index is 782. The maximum Gasteiger partial charge on any atom is 0.417 e. The third-order valence-electron chi connectivity index (χ3n) is 3.73. The van der Waals surface area contributed by atoms with Gasteiger partial charge in [-0.25, -0.2) is 9.59 Å².